The summed E-state index contributed by atoms with van der Waals surface area (Å²) < 4.78 is 121. The molecule has 6 aromatic rings. The van der Waals surface area contributed by atoms with Crippen molar-refractivity contribution in [2.45, 2.75) is 141 Å². The number of sulfonamides is 3. The fourth-order valence-corrected chi connectivity index (χ4v) is 10.5. The molecule has 10 N–H and O–H groups in total. The first-order valence-corrected chi connectivity index (χ1v) is 39.0. The van der Waals surface area contributed by atoms with E-state index in [1.165, 1.54) is 124 Å². The maximum Gasteiger partial charge on any atom is 1.00 e. The molecule has 0 saturated heterocycles. The molecule has 6 atom stereocenters. The number of nitrogens with one attached hydrogen (secondary N) is 2. The summed E-state index contributed by atoms with van der Waals surface area (Å²) in [4.78, 5) is 59.4. The van der Waals surface area contributed by atoms with Gasteiger partial charge < -0.3 is 66.5 Å². The van der Waals surface area contributed by atoms with E-state index >= 15 is 0 Å². The van der Waals surface area contributed by atoms with Crippen molar-refractivity contribution in [3.05, 3.63) is 142 Å². The quantitative estimate of drug-likeness (QED) is 0.0202. The smallest absolute Gasteiger partial charge is 0.870 e. The van der Waals surface area contributed by atoms with Crippen LogP contribution in [0.4, 0.5) is 31.0 Å². The molecule has 0 aliphatic heterocycles. The second-order valence-electron chi connectivity index (χ2n) is 25.3. The van der Waals surface area contributed by atoms with Crippen molar-refractivity contribution in [2.75, 3.05) is 87.6 Å². The zero-order valence-electron chi connectivity index (χ0n) is 65.5. The van der Waals surface area contributed by atoms with Crippen LogP contribution in [0.2, 0.25) is 0 Å². The number of esters is 1. The van der Waals surface area contributed by atoms with Gasteiger partial charge in [-0.25, -0.2) is 81.2 Å². The molecule has 0 fully saturated rings. The van der Waals surface area contributed by atoms with Gasteiger partial charge in [0.15, 0.2) is 0 Å². The van der Waals surface area contributed by atoms with E-state index in [1.54, 1.807) is 13.0 Å². The van der Waals surface area contributed by atoms with E-state index in [2.05, 4.69) is 40.5 Å². The molecule has 30 nitrogen and oxygen atoms in total. The van der Waals surface area contributed by atoms with E-state index in [1.807, 2.05) is 69.7 Å². The average molecular weight is 1620 g/mol. The third-order valence-corrected chi connectivity index (χ3v) is 18.2. The predicted molar refractivity (Wildman–Crippen MR) is 406 cm³/mol. The van der Waals surface area contributed by atoms with Crippen molar-refractivity contribution in [3.8, 4) is 33.8 Å². The Labute approximate surface area is 687 Å². The Hall–Kier alpha value is -6.79. The van der Waals surface area contributed by atoms with Gasteiger partial charge in [-0.2, -0.15) is 0 Å². The Bertz CT molecular complexity index is 4130. The molecule has 0 bridgehead atoms. The number of anilines is 3. The number of aliphatic hydroxyl groups is 6. The fourth-order valence-electron chi connectivity index (χ4n) is 9.34. The van der Waals surface area contributed by atoms with Crippen molar-refractivity contribution < 1.29 is 163 Å². The van der Waals surface area contributed by atoms with Crippen molar-refractivity contribution in [3.63, 3.8) is 0 Å². The second kappa shape index (κ2) is 50.3. The van der Waals surface area contributed by atoms with Crippen LogP contribution in [0.3, 0.4) is 0 Å². The largest absolute Gasteiger partial charge is 1.00 e. The number of hydrogen-bond acceptors (Lipinski definition) is 26. The first kappa shape index (κ1) is 105. The van der Waals surface area contributed by atoms with Crippen LogP contribution in [-0.2, 0) is 49.2 Å². The van der Waals surface area contributed by atoms with Crippen molar-refractivity contribution in [1.29, 1.82) is 0 Å². The third-order valence-electron chi connectivity index (χ3n) is 14.7. The van der Waals surface area contributed by atoms with Crippen LogP contribution in [-0.4, -0.2) is 226 Å². The number of aliphatic carboxylic acids is 2. The monoisotopic (exact) mass is 1620 g/mol. The summed E-state index contributed by atoms with van der Waals surface area (Å²) in [5, 5.41) is 85.3. The van der Waals surface area contributed by atoms with Crippen molar-refractivity contribution in [1.82, 2.24) is 40.5 Å². The first-order valence-electron chi connectivity index (χ1n) is 33.5. The van der Waals surface area contributed by atoms with E-state index < -0.39 is 115 Å². The summed E-state index contributed by atoms with van der Waals surface area (Å²) in [7, 11) is 0.533. The van der Waals surface area contributed by atoms with Gasteiger partial charge in [0.25, 0.3) is 0 Å². The number of rotatable bonds is 31. The van der Waals surface area contributed by atoms with Crippen molar-refractivity contribution in [2.24, 2.45) is 0 Å². The molecule has 0 unspecified atom stereocenters. The van der Waals surface area contributed by atoms with E-state index in [0.29, 0.717) is 67.5 Å². The summed E-state index contributed by atoms with van der Waals surface area (Å²) in [5.41, 5.74) is 5.46. The Balaban J connectivity index is 0. The Kier molecular flexibility index (Phi) is 48.2. The summed E-state index contributed by atoms with van der Waals surface area (Å²) in [6.07, 6.45) is 2.95. The molecular formula is C72H102F3N11Na2O19S3. The van der Waals surface area contributed by atoms with E-state index in [4.69, 9.17) is 9.84 Å². The number of ether oxygens (including phenoxy) is 1. The van der Waals surface area contributed by atoms with Crippen LogP contribution in [0.15, 0.2) is 91.0 Å². The normalized spacial score (nSPS) is 13.1. The fraction of sp³-hybridized carbons (Fsp3) is 0.458. The standard InChI is InChI=1S/C24H32FN3O6S.2C22H28FN3O6S.2C2H7N.2Na.H2O/c1-6-34-21(31)14-19(30)13-18(29)11-12-20-22(15(2)3)26-24(28(4)35(5,32)33)27-23(20)16-7-9-17(25)10-8-16;2*1-13(2)20-18(10-9-16(27)11-17(28)12-19(29)30)21(14-5-7-15(23)8-6-14)25-22(24-20)26(3)33(4,31)32;2*1-3-2;;;/h7-12,15,18-19,29-30H,6,13-14H2,1-5H3;2*5-10,13,16-17,27-28H,11-12H2,1-4H3,(H,29,30);2*3H,1-2H3;;;1H2/q;;;;;2*+1;/p-2/b12-11+;2*10-9+;;;;;/t18-,19-;2*16-,17-;;;;;/m111...../s1. The van der Waals surface area contributed by atoms with Gasteiger partial charge in [-0.3, -0.25) is 9.59 Å². The molecular weight excluding hydrogens is 1520 g/mol. The van der Waals surface area contributed by atoms with Gasteiger partial charge in [0.2, 0.25) is 47.9 Å². The number of carboxylic acids is 2. The molecule has 3 aromatic heterocycles. The number of aliphatic hydroxyl groups excluding tert-OH is 6. The van der Waals surface area contributed by atoms with Crippen LogP contribution >= 0.6 is 0 Å². The second-order valence-corrected chi connectivity index (χ2v) is 31.4. The number of hydrogen-bond donors (Lipinski definition) is 9. The molecule has 0 aliphatic rings. The number of halogens is 3. The molecule has 38 heteroatoms. The molecule has 600 valence electrons. The zero-order chi connectivity index (χ0) is 81.6. The van der Waals surface area contributed by atoms with Crippen LogP contribution in [0.25, 0.3) is 52.0 Å². The molecule has 0 radical (unpaired) electrons. The van der Waals surface area contributed by atoms with Gasteiger partial charge in [-0.1, -0.05) is 78.0 Å². The summed E-state index contributed by atoms with van der Waals surface area (Å²) in [6.45, 7) is 13.0. The average Bonchev–Trinajstić information content (AvgIpc) is 0.793. The summed E-state index contributed by atoms with van der Waals surface area (Å²) >= 11 is 0. The Morgan fingerprint density at radius 2 is 0.709 bits per heavy atom. The van der Waals surface area contributed by atoms with E-state index in [-0.39, 0.29) is 132 Å². The molecule has 0 aliphatic carbocycles. The van der Waals surface area contributed by atoms with Crippen molar-refractivity contribution >= 4 is 84.1 Å². The van der Waals surface area contributed by atoms with Crippen LogP contribution in [0.1, 0.15) is 139 Å². The Morgan fingerprint density at radius 3 is 0.918 bits per heavy atom. The molecule has 3 aromatic carbocycles. The van der Waals surface area contributed by atoms with E-state index in [0.717, 1.165) is 31.7 Å². The minimum Gasteiger partial charge on any atom is -0.870 e. The number of benzene rings is 3. The maximum atomic E-state index is 13.6. The van der Waals surface area contributed by atoms with Gasteiger partial charge in [-0.15, -0.1) is 0 Å². The van der Waals surface area contributed by atoms with Gasteiger partial charge in [0.1, 0.15) is 17.5 Å². The maximum absolute atomic E-state index is 13.6. The number of carboxylic acid groups (broad SMARTS) is 2. The number of carbonyl (C=O) groups is 3. The molecule has 3 heterocycles. The minimum atomic E-state index is -3.66. The molecule has 110 heavy (non-hydrogen) atoms. The third kappa shape index (κ3) is 36.4. The molecule has 0 saturated carbocycles. The summed E-state index contributed by atoms with van der Waals surface area (Å²) in [6, 6.07) is 16.5. The number of aromatic nitrogens is 6. The topological polar surface area (TPSA) is 469 Å². The van der Waals surface area contributed by atoms with Gasteiger partial charge >= 0.3 is 71.1 Å². The SMILES string of the molecule is CC(C)c1nc(N(C)S(C)(=O)=O)nc(-c2ccc(F)cc2)c1/C=C/[C@@H](O)C[C@@H](O)CC(=O)O.CC(C)c1nc(N(C)S(C)(=O)=O)nc(-c2ccc(F)cc2)c1/C=C/[C@@H](O)C[C@@H](O)CC(=O)[O-].CCOC(=O)C[C@H](O)C[C@H](O)/C=C/c1c(-c2ccc(F)cc2)nc(N(C)S(C)(=O)=O)nc1C(C)C.CNC.CNC.[Na+].[Na+].[OH-]. The molecule has 0 amide bonds. The van der Waals surface area contributed by atoms with Gasteiger partial charge in [-0.05, 0) is 126 Å². The van der Waals surface area contributed by atoms with Gasteiger partial charge in [0, 0.05) is 86.2 Å². The molecule has 0 spiro atoms. The number of nitrogens with zero attached hydrogens (tertiary/aromatic N) is 9. The van der Waals surface area contributed by atoms with Gasteiger partial charge in [0.05, 0.1) is 109 Å². The van der Waals surface area contributed by atoms with Crippen LogP contribution < -0.4 is 87.8 Å². The zero-order valence-corrected chi connectivity index (χ0v) is 71.9. The van der Waals surface area contributed by atoms with Crippen LogP contribution in [0, 0.1) is 17.5 Å². The first-order chi connectivity index (χ1) is 49.7. The van der Waals surface area contributed by atoms with Crippen LogP contribution in [0.5, 0.6) is 0 Å². The summed E-state index contributed by atoms with van der Waals surface area (Å²) in [5.74, 6) is -5.21. The predicted octanol–water partition coefficient (Wildman–Crippen LogP) is -0.149. The molecule has 6 rings (SSSR count). The minimum absolute atomic E-state index is 0. The number of carbonyl (C=O) groups excluding carboxylic acids is 2. The van der Waals surface area contributed by atoms with E-state index in [9.17, 15) is 88.6 Å². The Morgan fingerprint density at radius 1 is 0.473 bits per heavy atom.